The number of anilines is 3. The van der Waals surface area contributed by atoms with Crippen molar-refractivity contribution in [2.45, 2.75) is 91.5 Å². The average molecular weight is 643 g/mol. The molecule has 1 amide bonds. The maximum Gasteiger partial charge on any atom is 0.410 e. The van der Waals surface area contributed by atoms with Crippen molar-refractivity contribution in [1.82, 2.24) is 29.6 Å². The van der Waals surface area contributed by atoms with Crippen LogP contribution >= 0.6 is 11.6 Å². The number of amides is 1. The van der Waals surface area contributed by atoms with E-state index in [-0.39, 0.29) is 18.1 Å². The largest absolute Gasteiger partial charge is 0.444 e. The highest BCUT2D eigenvalue weighted by atomic mass is 35.5. The summed E-state index contributed by atoms with van der Waals surface area (Å²) in [6, 6.07) is 6.84. The summed E-state index contributed by atoms with van der Waals surface area (Å²) >= 11 is 6.85. The minimum atomic E-state index is -1.19. The summed E-state index contributed by atoms with van der Waals surface area (Å²) in [5.41, 5.74) is 2.78. The van der Waals surface area contributed by atoms with Crippen LogP contribution < -0.4 is 10.2 Å². The van der Waals surface area contributed by atoms with Crippen LogP contribution in [0.1, 0.15) is 53.2 Å². The molecule has 4 rings (SSSR count). The van der Waals surface area contributed by atoms with Crippen LogP contribution in [0.4, 0.5) is 22.2 Å². The number of halogens is 1. The van der Waals surface area contributed by atoms with Gasteiger partial charge in [0.25, 0.3) is 0 Å². The summed E-state index contributed by atoms with van der Waals surface area (Å²) in [4.78, 5) is 30.4. The Morgan fingerprint density at radius 3 is 2.52 bits per heavy atom. The van der Waals surface area contributed by atoms with Crippen LogP contribution in [0.15, 0.2) is 30.6 Å². The van der Waals surface area contributed by atoms with E-state index in [9.17, 15) is 4.79 Å². The average Bonchev–Trinajstić information content (AvgIpc) is 3.26. The van der Waals surface area contributed by atoms with Crippen molar-refractivity contribution in [3.63, 3.8) is 0 Å². The van der Waals surface area contributed by atoms with Crippen molar-refractivity contribution in [2.24, 2.45) is 0 Å². The fourth-order valence-corrected chi connectivity index (χ4v) is 5.86. The minimum absolute atomic E-state index is 0.0103. The first-order valence-corrected chi connectivity index (χ1v) is 19.3. The highest BCUT2D eigenvalue weighted by Gasteiger charge is 2.31. The van der Waals surface area contributed by atoms with E-state index >= 15 is 0 Å². The number of rotatable bonds is 10. The number of pyridine rings is 1. The number of nitrogens with one attached hydrogen (secondary N) is 1. The molecule has 1 aliphatic heterocycles. The third kappa shape index (κ3) is 8.92. The van der Waals surface area contributed by atoms with Gasteiger partial charge in [0, 0.05) is 46.6 Å². The van der Waals surface area contributed by atoms with Gasteiger partial charge in [0.15, 0.2) is 0 Å². The van der Waals surface area contributed by atoms with E-state index in [2.05, 4.69) is 53.7 Å². The van der Waals surface area contributed by atoms with Gasteiger partial charge in [-0.1, -0.05) is 45.1 Å². The molecule has 1 fully saturated rings. The molecular weight excluding hydrogens is 596 g/mol. The lowest BCUT2D eigenvalue weighted by Gasteiger charge is -2.41. The molecule has 4 heterocycles. The molecule has 0 radical (unpaired) electrons. The number of ether oxygens (including phenoxy) is 2. The van der Waals surface area contributed by atoms with Crippen LogP contribution in [-0.2, 0) is 16.2 Å². The van der Waals surface area contributed by atoms with Gasteiger partial charge in [-0.05, 0) is 57.9 Å². The smallest absolute Gasteiger partial charge is 0.410 e. The maximum absolute atomic E-state index is 12.6. The quantitative estimate of drug-likeness (QED) is 0.184. The van der Waals surface area contributed by atoms with Crippen molar-refractivity contribution >= 4 is 43.2 Å². The van der Waals surface area contributed by atoms with Crippen LogP contribution in [-0.4, -0.2) is 81.7 Å². The maximum atomic E-state index is 12.6. The lowest BCUT2D eigenvalue weighted by molar-refractivity contribution is 0.0159. The Labute approximate surface area is 267 Å². The fraction of sp³-hybridized carbons (Fsp3) is 0.581. The number of hydrogen-bond acceptors (Lipinski definition) is 9. The topological polar surface area (TPSA) is 111 Å². The van der Waals surface area contributed by atoms with Crippen molar-refractivity contribution in [2.75, 3.05) is 36.5 Å². The second kappa shape index (κ2) is 13.8. The number of hydrogen-bond donors (Lipinski definition) is 1. The second-order valence-electron chi connectivity index (χ2n) is 13.8. The number of nitrogens with zero attached hydrogens (tertiary/aromatic N) is 7. The predicted molar refractivity (Wildman–Crippen MR) is 179 cm³/mol. The molecule has 1 aliphatic rings. The van der Waals surface area contributed by atoms with Crippen LogP contribution in [0.3, 0.4) is 0 Å². The summed E-state index contributed by atoms with van der Waals surface area (Å²) in [7, 11) is -1.19. The first-order valence-electron chi connectivity index (χ1n) is 15.3. The van der Waals surface area contributed by atoms with E-state index in [0.717, 1.165) is 23.0 Å². The molecule has 44 heavy (non-hydrogen) atoms. The van der Waals surface area contributed by atoms with Crippen LogP contribution in [0.2, 0.25) is 30.8 Å². The zero-order chi connectivity index (χ0) is 32.2. The molecule has 0 aromatic carbocycles. The molecule has 0 saturated carbocycles. The highest BCUT2D eigenvalue weighted by Crippen LogP contribution is 2.35. The molecule has 3 aromatic rings. The van der Waals surface area contributed by atoms with Gasteiger partial charge in [-0.15, -0.1) is 0 Å². The second-order valence-corrected chi connectivity index (χ2v) is 19.8. The molecule has 1 N–H and O–H groups in total. The Hall–Kier alpha value is -3.22. The third-order valence-electron chi connectivity index (χ3n) is 7.19. The summed E-state index contributed by atoms with van der Waals surface area (Å²) in [5.74, 6) is 1.17. The Morgan fingerprint density at radius 2 is 1.91 bits per heavy atom. The van der Waals surface area contributed by atoms with E-state index in [0.29, 0.717) is 55.6 Å². The zero-order valence-corrected chi connectivity index (χ0v) is 29.3. The van der Waals surface area contributed by atoms with Gasteiger partial charge in [0.05, 0.1) is 28.8 Å². The van der Waals surface area contributed by atoms with E-state index in [4.69, 9.17) is 31.2 Å². The third-order valence-corrected chi connectivity index (χ3v) is 9.28. The van der Waals surface area contributed by atoms with Gasteiger partial charge >= 0.3 is 6.09 Å². The van der Waals surface area contributed by atoms with Crippen molar-refractivity contribution in [3.8, 4) is 11.3 Å². The molecular formula is C31H47ClN8O3Si. The molecule has 1 atom stereocenters. The summed E-state index contributed by atoms with van der Waals surface area (Å²) in [6.45, 7) is 21.8. The lowest BCUT2D eigenvalue weighted by atomic mass is 10.0. The van der Waals surface area contributed by atoms with Crippen LogP contribution in [0.5, 0.6) is 0 Å². The van der Waals surface area contributed by atoms with Crippen molar-refractivity contribution < 1.29 is 14.3 Å². The predicted octanol–water partition coefficient (Wildman–Crippen LogP) is 7.01. The number of carbonyl (C=O) groups is 1. The van der Waals surface area contributed by atoms with Gasteiger partial charge in [-0.2, -0.15) is 5.10 Å². The normalized spacial score (nSPS) is 16.0. The van der Waals surface area contributed by atoms with E-state index in [1.54, 1.807) is 15.8 Å². The molecule has 0 aliphatic carbocycles. The fourth-order valence-electron chi connectivity index (χ4n) is 4.82. The van der Waals surface area contributed by atoms with Crippen molar-refractivity contribution in [1.29, 1.82) is 0 Å². The lowest BCUT2D eigenvalue weighted by Crippen LogP contribution is -2.55. The highest BCUT2D eigenvalue weighted by molar-refractivity contribution is 6.76. The molecule has 11 nitrogen and oxygen atoms in total. The van der Waals surface area contributed by atoms with E-state index < -0.39 is 13.7 Å². The van der Waals surface area contributed by atoms with Gasteiger partial charge in [-0.3, -0.25) is 0 Å². The van der Waals surface area contributed by atoms with E-state index in [1.165, 1.54) is 0 Å². The molecule has 0 bridgehead atoms. The van der Waals surface area contributed by atoms with Gasteiger partial charge in [0.2, 0.25) is 5.95 Å². The van der Waals surface area contributed by atoms with Gasteiger partial charge in [0.1, 0.15) is 23.3 Å². The Morgan fingerprint density at radius 1 is 1.16 bits per heavy atom. The summed E-state index contributed by atoms with van der Waals surface area (Å²) < 4.78 is 13.2. The minimum Gasteiger partial charge on any atom is -0.444 e. The molecule has 0 spiro atoms. The Balaban J connectivity index is 1.42. The molecule has 0 unspecified atom stereocenters. The standard InChI is InChI=1S/C31H47ClN8O3Si/c1-21(2)27-26(28(32)40(37-27)20-42-16-17-44(7,8)9)24-12-13-33-29(35-24)36-25-11-10-23(18-34-25)38-14-15-39(22(3)19-38)30(41)43-31(4,5)6/h10-13,18,21-22H,14-17,19-20H2,1-9H3,(H,33,34,35,36)/t22-/m1/s1. The SMILES string of the molecule is CC(C)c1nn(COCC[Si](C)(C)C)c(Cl)c1-c1ccnc(Nc2ccc(N3CCN(C(=O)OC(C)(C)C)[C@H](C)C3)cn2)n1. The Bertz CT molecular complexity index is 1420. The van der Waals surface area contributed by atoms with Gasteiger partial charge < -0.3 is 24.6 Å². The van der Waals surface area contributed by atoms with E-state index in [1.807, 2.05) is 52.1 Å². The van der Waals surface area contributed by atoms with Crippen LogP contribution in [0, 0.1) is 0 Å². The number of aromatic nitrogens is 5. The molecule has 240 valence electrons. The molecule has 13 heteroatoms. The first kappa shape index (κ1) is 33.7. The number of carbonyl (C=O) groups excluding carboxylic acids is 1. The zero-order valence-electron chi connectivity index (χ0n) is 27.5. The van der Waals surface area contributed by atoms with Crippen molar-refractivity contribution in [3.05, 3.63) is 41.4 Å². The van der Waals surface area contributed by atoms with Gasteiger partial charge in [-0.25, -0.2) is 24.4 Å². The summed E-state index contributed by atoms with van der Waals surface area (Å²) in [5, 5.41) is 8.48. The molecule has 1 saturated heterocycles. The van der Waals surface area contributed by atoms with Crippen LogP contribution in [0.25, 0.3) is 11.3 Å². The summed E-state index contributed by atoms with van der Waals surface area (Å²) in [6.07, 6.45) is 3.25. The first-order chi connectivity index (χ1) is 20.6. The molecule has 3 aromatic heterocycles. The number of piperazine rings is 1. The Kier molecular flexibility index (Phi) is 10.6. The monoisotopic (exact) mass is 642 g/mol.